The summed E-state index contributed by atoms with van der Waals surface area (Å²) in [6.07, 6.45) is 0. The molecule has 0 N–H and O–H groups in total. The van der Waals surface area contributed by atoms with Crippen molar-refractivity contribution < 1.29 is 4.79 Å². The average molecular weight is 219 g/mol. The third kappa shape index (κ3) is 4.87. The molecule has 1 rings (SSSR count). The van der Waals surface area contributed by atoms with Crippen molar-refractivity contribution in [3.8, 4) is 0 Å². The summed E-state index contributed by atoms with van der Waals surface area (Å²) < 4.78 is 0. The topological polar surface area (TPSA) is 29.4 Å². The summed E-state index contributed by atoms with van der Waals surface area (Å²) >= 11 is 0. The van der Waals surface area contributed by atoms with Crippen LogP contribution in [0.1, 0.15) is 40.2 Å². The van der Waals surface area contributed by atoms with Gasteiger partial charge in [0.2, 0.25) is 0 Å². The largest absolute Gasteiger partial charge is 0.298 e. The SMILES string of the molecule is CC.CC(=O)C(C)N=C(C)c1ccccc1. The molecule has 0 bridgehead atoms. The van der Waals surface area contributed by atoms with E-state index in [4.69, 9.17) is 0 Å². The number of Topliss-reactive ketones (excluding diaryl/α,β-unsaturated/α-hetero) is 1. The van der Waals surface area contributed by atoms with Crippen LogP contribution in [0.2, 0.25) is 0 Å². The number of rotatable bonds is 3. The maximum absolute atomic E-state index is 11.0. The van der Waals surface area contributed by atoms with Crippen LogP contribution < -0.4 is 0 Å². The number of ketones is 1. The fraction of sp³-hybridized carbons (Fsp3) is 0.429. The van der Waals surface area contributed by atoms with Gasteiger partial charge in [0.1, 0.15) is 6.04 Å². The lowest BCUT2D eigenvalue weighted by molar-refractivity contribution is -0.117. The normalized spacial score (nSPS) is 12.4. The summed E-state index contributed by atoms with van der Waals surface area (Å²) in [5, 5.41) is 0. The van der Waals surface area contributed by atoms with Crippen LogP contribution in [-0.4, -0.2) is 17.5 Å². The van der Waals surface area contributed by atoms with Gasteiger partial charge in [-0.05, 0) is 26.3 Å². The van der Waals surface area contributed by atoms with Crippen LogP contribution in [0.5, 0.6) is 0 Å². The monoisotopic (exact) mass is 219 g/mol. The van der Waals surface area contributed by atoms with Crippen molar-refractivity contribution in [3.05, 3.63) is 35.9 Å². The number of hydrogen-bond acceptors (Lipinski definition) is 2. The van der Waals surface area contributed by atoms with Gasteiger partial charge in [0.05, 0.1) is 0 Å². The highest BCUT2D eigenvalue weighted by Gasteiger charge is 2.05. The third-order valence-electron chi connectivity index (χ3n) is 2.17. The van der Waals surface area contributed by atoms with Gasteiger partial charge in [-0.25, -0.2) is 0 Å². The zero-order chi connectivity index (χ0) is 12.6. The molecule has 0 fully saturated rings. The predicted octanol–water partition coefficient (Wildman–Crippen LogP) is 3.50. The van der Waals surface area contributed by atoms with Gasteiger partial charge in [-0.1, -0.05) is 44.2 Å². The van der Waals surface area contributed by atoms with Gasteiger partial charge in [-0.2, -0.15) is 0 Å². The zero-order valence-electron chi connectivity index (χ0n) is 10.8. The van der Waals surface area contributed by atoms with Crippen molar-refractivity contribution in [2.24, 2.45) is 4.99 Å². The van der Waals surface area contributed by atoms with E-state index in [1.807, 2.05) is 58.0 Å². The first-order chi connectivity index (χ1) is 7.61. The molecule has 1 aromatic carbocycles. The van der Waals surface area contributed by atoms with Crippen LogP contribution >= 0.6 is 0 Å². The Morgan fingerprint density at radius 1 is 1.12 bits per heavy atom. The molecule has 0 saturated heterocycles. The maximum atomic E-state index is 11.0. The quantitative estimate of drug-likeness (QED) is 0.715. The molecule has 0 aromatic heterocycles. The van der Waals surface area contributed by atoms with E-state index in [1.165, 1.54) is 0 Å². The van der Waals surface area contributed by atoms with E-state index in [2.05, 4.69) is 4.99 Å². The molecular formula is C14H21NO. The maximum Gasteiger partial charge on any atom is 0.153 e. The number of benzene rings is 1. The Bertz CT molecular complexity index is 341. The molecule has 0 aliphatic carbocycles. The number of carbonyl (C=O) groups excluding carboxylic acids is 1. The summed E-state index contributed by atoms with van der Waals surface area (Å²) in [5.74, 6) is 0.0975. The van der Waals surface area contributed by atoms with Crippen molar-refractivity contribution in [1.29, 1.82) is 0 Å². The molecule has 0 amide bonds. The van der Waals surface area contributed by atoms with Crippen molar-refractivity contribution in [2.75, 3.05) is 0 Å². The molecule has 0 heterocycles. The zero-order valence-corrected chi connectivity index (χ0v) is 10.8. The van der Waals surface area contributed by atoms with Gasteiger partial charge in [0.15, 0.2) is 5.78 Å². The molecule has 0 saturated carbocycles. The Labute approximate surface area is 98.4 Å². The molecule has 2 heteroatoms. The van der Waals surface area contributed by atoms with E-state index in [-0.39, 0.29) is 11.8 Å². The highest BCUT2D eigenvalue weighted by Crippen LogP contribution is 2.03. The van der Waals surface area contributed by atoms with Gasteiger partial charge < -0.3 is 0 Å². The minimum atomic E-state index is -0.241. The Balaban J connectivity index is 0.00000106. The number of carbonyl (C=O) groups is 1. The molecule has 2 nitrogen and oxygen atoms in total. The number of hydrogen-bond donors (Lipinski definition) is 0. The van der Waals surface area contributed by atoms with E-state index in [0.717, 1.165) is 11.3 Å². The third-order valence-corrected chi connectivity index (χ3v) is 2.17. The Hall–Kier alpha value is -1.44. The first kappa shape index (κ1) is 14.6. The van der Waals surface area contributed by atoms with Gasteiger partial charge >= 0.3 is 0 Å². The summed E-state index contributed by atoms with van der Waals surface area (Å²) in [4.78, 5) is 15.3. The summed E-state index contributed by atoms with van der Waals surface area (Å²) in [5.41, 5.74) is 1.98. The lowest BCUT2D eigenvalue weighted by Gasteiger charge is -2.04. The molecule has 0 aliphatic heterocycles. The van der Waals surface area contributed by atoms with Gasteiger partial charge in [0.25, 0.3) is 0 Å². The average Bonchev–Trinajstić information content (AvgIpc) is 2.32. The van der Waals surface area contributed by atoms with Gasteiger partial charge in [-0.3, -0.25) is 9.79 Å². The standard InChI is InChI=1S/C12H15NO.C2H6/c1-9(11(3)14)13-10(2)12-7-5-4-6-8-12;1-2/h4-9H,1-3H3;1-2H3. The molecule has 1 unspecified atom stereocenters. The second-order valence-corrected chi connectivity index (χ2v) is 3.37. The first-order valence-corrected chi connectivity index (χ1v) is 5.71. The lowest BCUT2D eigenvalue weighted by atomic mass is 10.1. The van der Waals surface area contributed by atoms with Crippen LogP contribution in [0.3, 0.4) is 0 Å². The van der Waals surface area contributed by atoms with Crippen molar-refractivity contribution in [3.63, 3.8) is 0 Å². The van der Waals surface area contributed by atoms with Gasteiger partial charge in [0, 0.05) is 5.71 Å². The Morgan fingerprint density at radius 2 is 1.62 bits per heavy atom. The summed E-state index contributed by atoms with van der Waals surface area (Å²) in [7, 11) is 0. The van der Waals surface area contributed by atoms with E-state index in [0.29, 0.717) is 0 Å². The van der Waals surface area contributed by atoms with E-state index in [9.17, 15) is 4.79 Å². The lowest BCUT2D eigenvalue weighted by Crippen LogP contribution is -2.12. The molecule has 1 atom stereocenters. The van der Waals surface area contributed by atoms with Crippen LogP contribution in [0.4, 0.5) is 0 Å². The van der Waals surface area contributed by atoms with Crippen molar-refractivity contribution >= 4 is 11.5 Å². The highest BCUT2D eigenvalue weighted by atomic mass is 16.1. The molecular weight excluding hydrogens is 198 g/mol. The van der Waals surface area contributed by atoms with Crippen LogP contribution in [0.25, 0.3) is 0 Å². The number of nitrogens with zero attached hydrogens (tertiary/aromatic N) is 1. The van der Waals surface area contributed by atoms with Gasteiger partial charge in [-0.15, -0.1) is 0 Å². The molecule has 1 aromatic rings. The molecule has 16 heavy (non-hydrogen) atoms. The molecule has 0 radical (unpaired) electrons. The summed E-state index contributed by atoms with van der Waals surface area (Å²) in [6.45, 7) is 9.30. The molecule has 0 spiro atoms. The Kier molecular flexibility index (Phi) is 7.10. The predicted molar refractivity (Wildman–Crippen MR) is 70.1 cm³/mol. The van der Waals surface area contributed by atoms with Crippen LogP contribution in [0.15, 0.2) is 35.3 Å². The minimum absolute atomic E-state index is 0.0975. The first-order valence-electron chi connectivity index (χ1n) is 5.71. The smallest absolute Gasteiger partial charge is 0.153 e. The van der Waals surface area contributed by atoms with Crippen LogP contribution in [-0.2, 0) is 4.79 Å². The molecule has 88 valence electrons. The van der Waals surface area contributed by atoms with Crippen molar-refractivity contribution in [2.45, 2.75) is 40.7 Å². The second-order valence-electron chi connectivity index (χ2n) is 3.37. The van der Waals surface area contributed by atoms with E-state index in [1.54, 1.807) is 6.92 Å². The second kappa shape index (κ2) is 7.80. The fourth-order valence-electron chi connectivity index (χ4n) is 1.14. The fourth-order valence-corrected chi connectivity index (χ4v) is 1.14. The summed E-state index contributed by atoms with van der Waals surface area (Å²) in [6, 6.07) is 9.64. The molecule has 0 aliphatic rings. The number of aliphatic imine (C=N–C) groups is 1. The van der Waals surface area contributed by atoms with E-state index < -0.39 is 0 Å². The highest BCUT2D eigenvalue weighted by molar-refractivity contribution is 6.00. The minimum Gasteiger partial charge on any atom is -0.298 e. The van der Waals surface area contributed by atoms with Crippen LogP contribution in [0, 0.1) is 0 Å². The Morgan fingerprint density at radius 3 is 2.06 bits per heavy atom. The van der Waals surface area contributed by atoms with E-state index >= 15 is 0 Å². The van der Waals surface area contributed by atoms with Crippen molar-refractivity contribution in [1.82, 2.24) is 0 Å².